The Morgan fingerprint density at radius 2 is 1.95 bits per heavy atom. The van der Waals surface area contributed by atoms with Crippen LogP contribution in [-0.4, -0.2) is 22.1 Å². The quantitative estimate of drug-likeness (QED) is 0.745. The monoisotopic (exact) mass is 362 g/mol. The van der Waals surface area contributed by atoms with Crippen LogP contribution in [0.25, 0.3) is 22.6 Å². The van der Waals surface area contributed by atoms with E-state index >= 15 is 0 Å². The molecule has 0 aliphatic heterocycles. The Labute approximate surface area is 134 Å². The summed E-state index contributed by atoms with van der Waals surface area (Å²) in [5, 5.41) is 0. The second-order valence-electron chi connectivity index (χ2n) is 4.57. The number of ether oxygens (including phenoxy) is 1. The maximum absolute atomic E-state index is 13.0. The van der Waals surface area contributed by atoms with Gasteiger partial charge in [0.1, 0.15) is 21.9 Å². The molecule has 5 nitrogen and oxygen atoms in total. The molecule has 3 N–H and O–H groups in total. The number of imidazole rings is 1. The van der Waals surface area contributed by atoms with Crippen molar-refractivity contribution in [3.8, 4) is 28.4 Å². The first kappa shape index (κ1) is 14.5. The van der Waals surface area contributed by atoms with Gasteiger partial charge in [-0.15, -0.1) is 0 Å². The molecule has 0 atom stereocenters. The van der Waals surface area contributed by atoms with Crippen LogP contribution >= 0.6 is 15.9 Å². The summed E-state index contributed by atoms with van der Waals surface area (Å²) in [6, 6.07) is 7.86. The minimum absolute atomic E-state index is 0.290. The van der Waals surface area contributed by atoms with Gasteiger partial charge in [0.25, 0.3) is 0 Å². The van der Waals surface area contributed by atoms with E-state index in [0.29, 0.717) is 27.7 Å². The van der Waals surface area contributed by atoms with E-state index in [1.54, 1.807) is 24.4 Å². The maximum atomic E-state index is 13.0. The Morgan fingerprint density at radius 1 is 1.23 bits per heavy atom. The molecule has 0 aliphatic rings. The van der Waals surface area contributed by atoms with E-state index in [-0.39, 0.29) is 5.82 Å². The number of nitrogen functional groups attached to an aromatic ring is 1. The Morgan fingerprint density at radius 3 is 2.64 bits per heavy atom. The van der Waals surface area contributed by atoms with Gasteiger partial charge < -0.3 is 15.5 Å². The number of benzene rings is 1. The molecule has 0 saturated heterocycles. The summed E-state index contributed by atoms with van der Waals surface area (Å²) in [7, 11) is 1.53. The van der Waals surface area contributed by atoms with E-state index in [2.05, 4.69) is 30.9 Å². The van der Waals surface area contributed by atoms with Crippen LogP contribution in [0.3, 0.4) is 0 Å². The summed E-state index contributed by atoms with van der Waals surface area (Å²) >= 11 is 3.44. The Bertz CT molecular complexity index is 817. The van der Waals surface area contributed by atoms with E-state index in [1.165, 1.54) is 19.2 Å². The van der Waals surface area contributed by atoms with E-state index < -0.39 is 0 Å². The summed E-state index contributed by atoms with van der Waals surface area (Å²) in [6.45, 7) is 0. The fourth-order valence-electron chi connectivity index (χ4n) is 2.04. The zero-order valence-electron chi connectivity index (χ0n) is 11.6. The predicted octanol–water partition coefficient (Wildman–Crippen LogP) is 3.63. The lowest BCUT2D eigenvalue weighted by atomic mass is 10.2. The van der Waals surface area contributed by atoms with Crippen LogP contribution in [0.1, 0.15) is 0 Å². The van der Waals surface area contributed by atoms with Gasteiger partial charge in [-0.3, -0.25) is 0 Å². The molecule has 0 spiro atoms. The summed E-state index contributed by atoms with van der Waals surface area (Å²) in [6.07, 6.45) is 1.62. The first-order valence-electron chi connectivity index (χ1n) is 6.40. The van der Waals surface area contributed by atoms with Gasteiger partial charge in [-0.25, -0.2) is 14.4 Å². The largest absolute Gasteiger partial charge is 0.493 e. The second kappa shape index (κ2) is 5.76. The lowest BCUT2D eigenvalue weighted by Gasteiger charge is -2.05. The van der Waals surface area contributed by atoms with Crippen molar-refractivity contribution in [1.29, 1.82) is 0 Å². The number of nitrogens with one attached hydrogen (secondary N) is 1. The average molecular weight is 363 g/mol. The number of methoxy groups -OCH3 is 1. The summed E-state index contributed by atoms with van der Waals surface area (Å²) in [5.41, 5.74) is 7.92. The van der Waals surface area contributed by atoms with Crippen molar-refractivity contribution in [2.45, 2.75) is 0 Å². The Balaban J connectivity index is 2.04. The Hall–Kier alpha value is -2.41. The maximum Gasteiger partial charge on any atom is 0.166 e. The minimum atomic E-state index is -0.290. The number of nitrogens with two attached hydrogens (primary N) is 1. The zero-order valence-corrected chi connectivity index (χ0v) is 13.2. The number of aromatic amines is 1. The molecule has 0 aliphatic carbocycles. The number of hydrogen-bond donors (Lipinski definition) is 2. The molecule has 7 heteroatoms. The van der Waals surface area contributed by atoms with Crippen molar-refractivity contribution < 1.29 is 9.13 Å². The molecule has 0 fully saturated rings. The molecule has 2 heterocycles. The highest BCUT2D eigenvalue weighted by Gasteiger charge is 2.14. The van der Waals surface area contributed by atoms with Crippen molar-refractivity contribution >= 4 is 21.7 Å². The number of H-pyrrole nitrogens is 1. The minimum Gasteiger partial charge on any atom is -0.493 e. The van der Waals surface area contributed by atoms with Crippen LogP contribution in [0.2, 0.25) is 0 Å². The van der Waals surface area contributed by atoms with Crippen molar-refractivity contribution in [2.75, 3.05) is 12.8 Å². The number of nitrogens with zero attached hydrogens (tertiary/aromatic N) is 2. The van der Waals surface area contributed by atoms with Gasteiger partial charge in [0, 0.05) is 17.3 Å². The molecule has 0 unspecified atom stereocenters. The lowest BCUT2D eigenvalue weighted by Crippen LogP contribution is -1.96. The summed E-state index contributed by atoms with van der Waals surface area (Å²) in [4.78, 5) is 11.7. The molecule has 2 aromatic heterocycles. The topological polar surface area (TPSA) is 76.8 Å². The fraction of sp³-hybridized carbons (Fsp3) is 0.0667. The van der Waals surface area contributed by atoms with Crippen LogP contribution in [0.4, 0.5) is 10.2 Å². The Kier molecular flexibility index (Phi) is 3.81. The number of halogens is 2. The number of anilines is 1. The molecule has 0 saturated carbocycles. The van der Waals surface area contributed by atoms with Crippen molar-refractivity contribution in [1.82, 2.24) is 15.0 Å². The first-order valence-corrected chi connectivity index (χ1v) is 7.19. The number of pyridine rings is 1. The third kappa shape index (κ3) is 2.67. The molecule has 22 heavy (non-hydrogen) atoms. The number of aromatic nitrogens is 3. The highest BCUT2D eigenvalue weighted by atomic mass is 79.9. The second-order valence-corrected chi connectivity index (χ2v) is 5.36. The summed E-state index contributed by atoms with van der Waals surface area (Å²) in [5.74, 6) is 1.13. The van der Waals surface area contributed by atoms with Crippen molar-refractivity contribution in [3.05, 3.63) is 46.9 Å². The number of hydrogen-bond acceptors (Lipinski definition) is 4. The van der Waals surface area contributed by atoms with Gasteiger partial charge in [0.15, 0.2) is 11.6 Å². The van der Waals surface area contributed by atoms with Crippen LogP contribution < -0.4 is 10.5 Å². The molecule has 1 aromatic carbocycles. The van der Waals surface area contributed by atoms with Gasteiger partial charge in [-0.2, -0.15) is 0 Å². The van der Waals surface area contributed by atoms with Crippen molar-refractivity contribution in [3.63, 3.8) is 0 Å². The average Bonchev–Trinajstić information content (AvgIpc) is 2.90. The third-order valence-corrected chi connectivity index (χ3v) is 3.73. The highest BCUT2D eigenvalue weighted by molar-refractivity contribution is 9.10. The van der Waals surface area contributed by atoms with Gasteiger partial charge in [0.2, 0.25) is 0 Å². The van der Waals surface area contributed by atoms with Gasteiger partial charge >= 0.3 is 0 Å². The van der Waals surface area contributed by atoms with E-state index in [4.69, 9.17) is 10.5 Å². The standard InChI is InChI=1S/C15H12BrFN4O/c1-22-11-6-9(7-19-14(11)18)12-13(16)21-15(20-12)8-2-4-10(17)5-3-8/h2-7H,1H3,(H2,18,19)(H,20,21). The molecular formula is C15H12BrFN4O. The normalized spacial score (nSPS) is 10.7. The van der Waals surface area contributed by atoms with Gasteiger partial charge in [0.05, 0.1) is 7.11 Å². The molecule has 0 bridgehead atoms. The van der Waals surface area contributed by atoms with Crippen LogP contribution in [0.15, 0.2) is 41.1 Å². The summed E-state index contributed by atoms with van der Waals surface area (Å²) < 4.78 is 18.9. The molecular weight excluding hydrogens is 351 g/mol. The lowest BCUT2D eigenvalue weighted by molar-refractivity contribution is 0.415. The van der Waals surface area contributed by atoms with E-state index in [1.807, 2.05) is 0 Å². The highest BCUT2D eigenvalue weighted by Crippen LogP contribution is 2.32. The predicted molar refractivity (Wildman–Crippen MR) is 85.9 cm³/mol. The molecule has 112 valence electrons. The van der Waals surface area contributed by atoms with Crippen LogP contribution in [0.5, 0.6) is 5.75 Å². The number of rotatable bonds is 3. The van der Waals surface area contributed by atoms with Gasteiger partial charge in [-0.1, -0.05) is 0 Å². The molecule has 3 rings (SSSR count). The fourth-order valence-corrected chi connectivity index (χ4v) is 2.54. The zero-order chi connectivity index (χ0) is 15.7. The smallest absolute Gasteiger partial charge is 0.166 e. The van der Waals surface area contributed by atoms with E-state index in [9.17, 15) is 4.39 Å². The van der Waals surface area contributed by atoms with E-state index in [0.717, 1.165) is 11.1 Å². The molecule has 0 amide bonds. The SMILES string of the molecule is COc1cc(-c2nc(-c3ccc(F)cc3)[nH]c2Br)cnc1N. The van der Waals surface area contributed by atoms with Crippen LogP contribution in [0, 0.1) is 5.82 Å². The van der Waals surface area contributed by atoms with Crippen LogP contribution in [-0.2, 0) is 0 Å². The molecule has 0 radical (unpaired) electrons. The van der Waals surface area contributed by atoms with Gasteiger partial charge in [-0.05, 0) is 46.3 Å². The van der Waals surface area contributed by atoms with Crippen molar-refractivity contribution in [2.24, 2.45) is 0 Å². The first-order chi connectivity index (χ1) is 10.6. The third-order valence-electron chi connectivity index (χ3n) is 3.15. The molecule has 3 aromatic rings.